The molecule has 0 fully saturated rings. The molecule has 0 aliphatic carbocycles. The van der Waals surface area contributed by atoms with Crippen LogP contribution in [0.25, 0.3) is 10.8 Å². The molecule has 4 rings (SSSR count). The summed E-state index contributed by atoms with van der Waals surface area (Å²) in [6, 6.07) is 22.9. The third kappa shape index (κ3) is 5.08. The predicted octanol–water partition coefficient (Wildman–Crippen LogP) is 5.39. The van der Waals surface area contributed by atoms with Gasteiger partial charge < -0.3 is 20.9 Å². The normalized spacial score (nSPS) is 10.5. The fraction of sp³-hybridized carbons (Fsp3) is 0.125. The molecule has 0 saturated heterocycles. The van der Waals surface area contributed by atoms with Crippen molar-refractivity contribution in [3.63, 3.8) is 0 Å². The second kappa shape index (κ2) is 8.71. The third-order valence-electron chi connectivity index (χ3n) is 4.71. The topological polar surface area (TPSA) is 82.2 Å². The molecule has 0 bridgehead atoms. The first-order valence-electron chi connectivity index (χ1n) is 9.93. The lowest BCUT2D eigenvalue weighted by molar-refractivity contribution is 0.262. The van der Waals surface area contributed by atoms with Crippen LogP contribution in [0.1, 0.15) is 5.82 Å². The van der Waals surface area contributed by atoms with Gasteiger partial charge >= 0.3 is 6.03 Å². The maximum Gasteiger partial charge on any atom is 0.323 e. The van der Waals surface area contributed by atoms with Crippen LogP contribution in [0.4, 0.5) is 33.5 Å². The van der Waals surface area contributed by atoms with E-state index in [0.717, 1.165) is 28.0 Å². The summed E-state index contributed by atoms with van der Waals surface area (Å²) in [5.74, 6) is 2.24. The Balaban J connectivity index is 1.39. The molecule has 1 aromatic heterocycles. The highest BCUT2D eigenvalue weighted by Crippen LogP contribution is 2.22. The molecule has 4 aromatic rings. The highest BCUT2D eigenvalue weighted by Gasteiger charge is 2.06. The molecule has 1 heterocycles. The first-order chi connectivity index (χ1) is 15.0. The minimum absolute atomic E-state index is 0.293. The molecule has 156 valence electrons. The number of nitrogens with one attached hydrogen (secondary N) is 3. The number of anilines is 5. The molecular formula is C24H24N6O. The van der Waals surface area contributed by atoms with Gasteiger partial charge in [-0.2, -0.15) is 0 Å². The Bertz CT molecular complexity index is 1220. The van der Waals surface area contributed by atoms with Crippen molar-refractivity contribution in [2.45, 2.75) is 6.92 Å². The monoisotopic (exact) mass is 412 g/mol. The fourth-order valence-electron chi connectivity index (χ4n) is 3.19. The van der Waals surface area contributed by atoms with Gasteiger partial charge in [0.2, 0.25) is 0 Å². The van der Waals surface area contributed by atoms with Crippen molar-refractivity contribution in [1.82, 2.24) is 9.97 Å². The minimum Gasteiger partial charge on any atom is -0.363 e. The first kappa shape index (κ1) is 20.2. The number of aromatic nitrogens is 2. The number of hydrogen-bond donors (Lipinski definition) is 3. The number of benzene rings is 3. The zero-order chi connectivity index (χ0) is 21.8. The Morgan fingerprint density at radius 2 is 1.42 bits per heavy atom. The van der Waals surface area contributed by atoms with E-state index in [4.69, 9.17) is 0 Å². The van der Waals surface area contributed by atoms with E-state index < -0.39 is 0 Å². The van der Waals surface area contributed by atoms with Crippen LogP contribution in [0.2, 0.25) is 0 Å². The Labute approximate surface area is 181 Å². The molecule has 0 radical (unpaired) electrons. The Hall–Kier alpha value is -4.13. The molecule has 3 aromatic carbocycles. The molecule has 0 atom stereocenters. The van der Waals surface area contributed by atoms with E-state index in [9.17, 15) is 4.79 Å². The number of urea groups is 1. The average Bonchev–Trinajstić information content (AvgIpc) is 2.74. The highest BCUT2D eigenvalue weighted by molar-refractivity contribution is 6.01. The predicted molar refractivity (Wildman–Crippen MR) is 127 cm³/mol. The number of hydrogen-bond acceptors (Lipinski definition) is 5. The maximum absolute atomic E-state index is 12.4. The number of aryl methyl sites for hydroxylation is 1. The van der Waals surface area contributed by atoms with Gasteiger partial charge in [-0.05, 0) is 54.1 Å². The Morgan fingerprint density at radius 1 is 0.774 bits per heavy atom. The molecule has 7 heteroatoms. The summed E-state index contributed by atoms with van der Waals surface area (Å²) in [6.45, 7) is 1.86. The summed E-state index contributed by atoms with van der Waals surface area (Å²) in [5, 5.41) is 11.2. The van der Waals surface area contributed by atoms with Gasteiger partial charge in [0.1, 0.15) is 17.5 Å². The Kier molecular flexibility index (Phi) is 5.66. The number of carbonyl (C=O) groups excluding carboxylic acids is 1. The molecule has 7 nitrogen and oxygen atoms in total. The zero-order valence-electron chi connectivity index (χ0n) is 17.7. The summed E-state index contributed by atoms with van der Waals surface area (Å²) >= 11 is 0. The second-order valence-corrected chi connectivity index (χ2v) is 7.40. The summed E-state index contributed by atoms with van der Waals surface area (Å²) in [7, 11) is 3.88. The van der Waals surface area contributed by atoms with E-state index in [-0.39, 0.29) is 6.03 Å². The molecule has 31 heavy (non-hydrogen) atoms. The second-order valence-electron chi connectivity index (χ2n) is 7.40. The fourth-order valence-corrected chi connectivity index (χ4v) is 3.19. The van der Waals surface area contributed by atoms with Gasteiger partial charge in [-0.1, -0.05) is 30.3 Å². The van der Waals surface area contributed by atoms with Gasteiger partial charge in [0.05, 0.1) is 0 Å². The van der Waals surface area contributed by atoms with E-state index in [1.165, 1.54) is 0 Å². The summed E-state index contributed by atoms with van der Waals surface area (Å²) in [4.78, 5) is 23.1. The van der Waals surface area contributed by atoms with Crippen LogP contribution in [-0.4, -0.2) is 30.1 Å². The number of fused-ring (bicyclic) bond motifs is 1. The largest absolute Gasteiger partial charge is 0.363 e. The summed E-state index contributed by atoms with van der Waals surface area (Å²) in [5.41, 5.74) is 2.30. The van der Waals surface area contributed by atoms with E-state index >= 15 is 0 Å². The Morgan fingerprint density at radius 3 is 2.16 bits per heavy atom. The van der Waals surface area contributed by atoms with Crippen LogP contribution in [-0.2, 0) is 0 Å². The number of carbonyl (C=O) groups is 1. The van der Waals surface area contributed by atoms with E-state index in [2.05, 4.69) is 25.9 Å². The number of rotatable bonds is 5. The number of nitrogens with zero attached hydrogens (tertiary/aromatic N) is 3. The smallest absolute Gasteiger partial charge is 0.323 e. The van der Waals surface area contributed by atoms with Gasteiger partial charge in [-0.15, -0.1) is 0 Å². The number of amides is 2. The van der Waals surface area contributed by atoms with E-state index in [1.54, 1.807) is 0 Å². The lowest BCUT2D eigenvalue weighted by Crippen LogP contribution is -2.19. The molecule has 0 spiro atoms. The molecule has 0 aliphatic rings. The van der Waals surface area contributed by atoms with Crippen molar-refractivity contribution in [1.29, 1.82) is 0 Å². The van der Waals surface area contributed by atoms with E-state index in [0.29, 0.717) is 17.3 Å². The van der Waals surface area contributed by atoms with Crippen LogP contribution >= 0.6 is 0 Å². The van der Waals surface area contributed by atoms with Crippen LogP contribution < -0.4 is 20.9 Å². The highest BCUT2D eigenvalue weighted by atomic mass is 16.2. The van der Waals surface area contributed by atoms with Gasteiger partial charge in [-0.3, -0.25) is 0 Å². The van der Waals surface area contributed by atoms with Crippen molar-refractivity contribution >= 4 is 45.5 Å². The first-order valence-corrected chi connectivity index (χ1v) is 9.93. The lowest BCUT2D eigenvalue weighted by Gasteiger charge is -2.14. The van der Waals surface area contributed by atoms with Crippen molar-refractivity contribution in [3.8, 4) is 0 Å². The van der Waals surface area contributed by atoms with Gasteiger partial charge in [-0.25, -0.2) is 14.8 Å². The average molecular weight is 412 g/mol. The van der Waals surface area contributed by atoms with E-state index in [1.807, 2.05) is 98.7 Å². The van der Waals surface area contributed by atoms with Gasteiger partial charge in [0.25, 0.3) is 0 Å². The van der Waals surface area contributed by atoms with Crippen molar-refractivity contribution < 1.29 is 4.79 Å². The lowest BCUT2D eigenvalue weighted by atomic mass is 10.1. The maximum atomic E-state index is 12.4. The van der Waals surface area contributed by atoms with Gasteiger partial charge in [0, 0.05) is 37.2 Å². The molecule has 3 N–H and O–H groups in total. The quantitative estimate of drug-likeness (QED) is 0.409. The summed E-state index contributed by atoms with van der Waals surface area (Å²) < 4.78 is 0. The zero-order valence-corrected chi connectivity index (χ0v) is 17.7. The minimum atomic E-state index is -0.293. The summed E-state index contributed by atoms with van der Waals surface area (Å²) in [6.07, 6.45) is 0. The third-order valence-corrected chi connectivity index (χ3v) is 4.71. The van der Waals surface area contributed by atoms with Crippen LogP contribution in [0, 0.1) is 6.92 Å². The van der Waals surface area contributed by atoms with Crippen molar-refractivity contribution in [2.75, 3.05) is 34.9 Å². The molecule has 2 amide bonds. The SMILES string of the molecule is Cc1nc(Nc2ccc(NC(=O)Nc3ccc4ccccc4c3)cc2)cc(N(C)C)n1. The standard InChI is InChI=1S/C24H24N6O/c1-16-25-22(15-23(26-16)30(2)3)27-19-10-12-20(13-11-19)28-24(31)29-21-9-8-17-6-4-5-7-18(17)14-21/h4-15H,1-3H3,(H,25,26,27)(H2,28,29,31). The molecule has 0 unspecified atom stereocenters. The van der Waals surface area contributed by atoms with Crippen LogP contribution in [0.3, 0.4) is 0 Å². The van der Waals surface area contributed by atoms with Crippen molar-refractivity contribution in [3.05, 3.63) is 78.6 Å². The van der Waals surface area contributed by atoms with Gasteiger partial charge in [0.15, 0.2) is 0 Å². The van der Waals surface area contributed by atoms with Crippen LogP contribution in [0.15, 0.2) is 72.8 Å². The van der Waals surface area contributed by atoms with Crippen LogP contribution in [0.5, 0.6) is 0 Å². The molecule has 0 saturated carbocycles. The molecular weight excluding hydrogens is 388 g/mol. The van der Waals surface area contributed by atoms with Crippen molar-refractivity contribution in [2.24, 2.45) is 0 Å². The molecule has 0 aliphatic heterocycles.